The number of nitrogens with zero attached hydrogens (tertiary/aromatic N) is 2. The summed E-state index contributed by atoms with van der Waals surface area (Å²) >= 11 is 0. The van der Waals surface area contributed by atoms with Crippen LogP contribution in [0, 0.1) is 0 Å². The first-order chi connectivity index (χ1) is 14.2. The minimum Gasteiger partial charge on any atom is -0.497 e. The average Bonchev–Trinajstić information content (AvgIpc) is 3.25. The van der Waals surface area contributed by atoms with Crippen LogP contribution < -0.4 is 14.8 Å². The summed E-state index contributed by atoms with van der Waals surface area (Å²) in [6.45, 7) is 0.0222. The van der Waals surface area contributed by atoms with Gasteiger partial charge in [-0.3, -0.25) is 4.79 Å². The first-order valence-electron chi connectivity index (χ1n) is 9.07. The number of ether oxygens (including phenoxy) is 2. The number of methoxy groups -OCH3 is 1. The van der Waals surface area contributed by atoms with E-state index in [0.29, 0.717) is 17.5 Å². The van der Waals surface area contributed by atoms with Gasteiger partial charge in [0.15, 0.2) is 6.61 Å². The summed E-state index contributed by atoms with van der Waals surface area (Å²) in [7, 11) is 1.61. The van der Waals surface area contributed by atoms with Crippen LogP contribution in [0.2, 0.25) is 0 Å². The molecule has 29 heavy (non-hydrogen) atoms. The van der Waals surface area contributed by atoms with E-state index < -0.39 is 0 Å². The number of nitrogens with one attached hydrogen (secondary N) is 1. The molecule has 1 aromatic heterocycles. The van der Waals surface area contributed by atoms with Crippen molar-refractivity contribution in [3.8, 4) is 22.9 Å². The van der Waals surface area contributed by atoms with Gasteiger partial charge in [-0.25, -0.2) is 0 Å². The molecule has 0 aliphatic rings. The van der Waals surface area contributed by atoms with Crippen molar-refractivity contribution in [3.05, 3.63) is 72.6 Å². The predicted molar refractivity (Wildman–Crippen MR) is 108 cm³/mol. The molecule has 0 saturated carbocycles. The van der Waals surface area contributed by atoms with E-state index in [-0.39, 0.29) is 19.1 Å². The van der Waals surface area contributed by atoms with Gasteiger partial charge in [0.1, 0.15) is 11.5 Å². The van der Waals surface area contributed by atoms with E-state index in [0.717, 1.165) is 22.1 Å². The Morgan fingerprint density at radius 2 is 1.83 bits per heavy atom. The summed E-state index contributed by atoms with van der Waals surface area (Å²) in [6, 6.07) is 20.9. The zero-order valence-electron chi connectivity index (χ0n) is 15.8. The molecule has 0 spiro atoms. The van der Waals surface area contributed by atoms with E-state index in [2.05, 4.69) is 15.5 Å². The average molecular weight is 389 g/mol. The molecular formula is C22H19N3O4. The zero-order valence-corrected chi connectivity index (χ0v) is 15.8. The van der Waals surface area contributed by atoms with E-state index in [1.54, 1.807) is 7.11 Å². The Morgan fingerprint density at radius 1 is 1.03 bits per heavy atom. The molecular weight excluding hydrogens is 370 g/mol. The molecule has 0 aliphatic heterocycles. The highest BCUT2D eigenvalue weighted by Gasteiger charge is 2.11. The van der Waals surface area contributed by atoms with Gasteiger partial charge in [0.25, 0.3) is 5.91 Å². The molecule has 1 heterocycles. The number of amides is 1. The van der Waals surface area contributed by atoms with Gasteiger partial charge in [0.2, 0.25) is 11.7 Å². The highest BCUT2D eigenvalue weighted by Crippen LogP contribution is 2.25. The monoisotopic (exact) mass is 389 g/mol. The number of rotatable bonds is 7. The predicted octanol–water partition coefficient (Wildman–Crippen LogP) is 3.59. The molecule has 1 amide bonds. The van der Waals surface area contributed by atoms with Crippen molar-refractivity contribution in [1.82, 2.24) is 15.5 Å². The Kier molecular flexibility index (Phi) is 5.38. The molecule has 1 N–H and O–H groups in total. The summed E-state index contributed by atoms with van der Waals surface area (Å²) < 4.78 is 16.0. The van der Waals surface area contributed by atoms with Gasteiger partial charge in [-0.15, -0.1) is 0 Å². The maximum atomic E-state index is 12.1. The Hall–Kier alpha value is -3.87. The van der Waals surface area contributed by atoms with E-state index >= 15 is 0 Å². The van der Waals surface area contributed by atoms with E-state index in [4.69, 9.17) is 14.0 Å². The molecule has 4 aromatic rings. The van der Waals surface area contributed by atoms with Crippen molar-refractivity contribution < 1.29 is 18.8 Å². The Labute approximate surface area is 167 Å². The second-order valence-electron chi connectivity index (χ2n) is 6.28. The van der Waals surface area contributed by atoms with Crippen molar-refractivity contribution in [2.75, 3.05) is 13.7 Å². The fourth-order valence-electron chi connectivity index (χ4n) is 2.87. The summed E-state index contributed by atoms with van der Waals surface area (Å²) in [5.41, 5.74) is 0.798. The normalized spacial score (nSPS) is 10.7. The third-order valence-corrected chi connectivity index (χ3v) is 4.36. The fraction of sp³-hybridized carbons (Fsp3) is 0.136. The van der Waals surface area contributed by atoms with Gasteiger partial charge in [0.05, 0.1) is 13.7 Å². The minimum atomic E-state index is -0.276. The van der Waals surface area contributed by atoms with Gasteiger partial charge >= 0.3 is 0 Å². The molecule has 0 aliphatic carbocycles. The number of hydrogen-bond acceptors (Lipinski definition) is 6. The van der Waals surface area contributed by atoms with Crippen molar-refractivity contribution in [2.24, 2.45) is 0 Å². The number of benzene rings is 3. The number of aromatic nitrogens is 2. The lowest BCUT2D eigenvalue weighted by atomic mass is 10.1. The van der Waals surface area contributed by atoms with Crippen molar-refractivity contribution in [3.63, 3.8) is 0 Å². The Bertz CT molecular complexity index is 1120. The van der Waals surface area contributed by atoms with E-state index in [9.17, 15) is 4.79 Å². The van der Waals surface area contributed by atoms with Gasteiger partial charge in [0, 0.05) is 10.9 Å². The maximum Gasteiger partial charge on any atom is 0.258 e. The summed E-state index contributed by atoms with van der Waals surface area (Å²) in [5.74, 6) is 1.90. The first kappa shape index (κ1) is 18.5. The van der Waals surface area contributed by atoms with Crippen molar-refractivity contribution in [2.45, 2.75) is 6.54 Å². The molecule has 0 unspecified atom stereocenters. The maximum absolute atomic E-state index is 12.1. The molecule has 3 aromatic carbocycles. The number of hydrogen-bond donors (Lipinski definition) is 1. The van der Waals surface area contributed by atoms with Crippen molar-refractivity contribution >= 4 is 16.7 Å². The smallest absolute Gasteiger partial charge is 0.258 e. The topological polar surface area (TPSA) is 86.5 Å². The van der Waals surface area contributed by atoms with Crippen LogP contribution in [-0.2, 0) is 11.3 Å². The quantitative estimate of drug-likeness (QED) is 0.520. The first-order valence-corrected chi connectivity index (χ1v) is 9.07. The molecule has 146 valence electrons. The van der Waals surface area contributed by atoms with Crippen molar-refractivity contribution in [1.29, 1.82) is 0 Å². The second-order valence-corrected chi connectivity index (χ2v) is 6.28. The summed E-state index contributed by atoms with van der Waals surface area (Å²) in [4.78, 5) is 16.4. The number of carbonyl (C=O) groups is 1. The molecule has 0 saturated heterocycles. The Morgan fingerprint density at radius 3 is 2.66 bits per heavy atom. The third kappa shape index (κ3) is 4.35. The molecule has 7 nitrogen and oxygen atoms in total. The molecule has 4 rings (SSSR count). The lowest BCUT2D eigenvalue weighted by molar-refractivity contribution is -0.123. The van der Waals surface area contributed by atoms with Gasteiger partial charge in [-0.2, -0.15) is 4.98 Å². The zero-order chi connectivity index (χ0) is 20.1. The van der Waals surface area contributed by atoms with Crippen LogP contribution in [0.1, 0.15) is 5.89 Å². The van der Waals surface area contributed by atoms with E-state index in [1.165, 1.54) is 0 Å². The fourth-order valence-corrected chi connectivity index (χ4v) is 2.87. The second kappa shape index (κ2) is 8.43. The SMILES string of the molecule is COc1ccc(-c2noc(CNC(=O)COc3cccc4ccccc34)n2)cc1. The molecule has 7 heteroatoms. The highest BCUT2D eigenvalue weighted by molar-refractivity contribution is 5.88. The van der Waals surface area contributed by atoms with Crippen LogP contribution in [0.5, 0.6) is 11.5 Å². The lowest BCUT2D eigenvalue weighted by Gasteiger charge is -2.09. The largest absolute Gasteiger partial charge is 0.497 e. The highest BCUT2D eigenvalue weighted by atomic mass is 16.5. The van der Waals surface area contributed by atoms with Gasteiger partial charge < -0.3 is 19.3 Å². The number of carbonyl (C=O) groups excluding carboxylic acids is 1. The standard InChI is InChI=1S/C22H19N3O4/c1-27-17-11-9-16(10-12-17)22-24-21(29-25-22)13-23-20(26)14-28-19-8-4-6-15-5-2-3-7-18(15)19/h2-12H,13-14H2,1H3,(H,23,26). The lowest BCUT2D eigenvalue weighted by Crippen LogP contribution is -2.28. The third-order valence-electron chi connectivity index (χ3n) is 4.36. The van der Waals surface area contributed by atoms with Crippen LogP contribution >= 0.6 is 0 Å². The van der Waals surface area contributed by atoms with Gasteiger partial charge in [-0.1, -0.05) is 41.6 Å². The van der Waals surface area contributed by atoms with Crippen LogP contribution in [-0.4, -0.2) is 29.8 Å². The van der Waals surface area contributed by atoms with Crippen LogP contribution in [0.3, 0.4) is 0 Å². The molecule has 0 bridgehead atoms. The van der Waals surface area contributed by atoms with Crippen LogP contribution in [0.4, 0.5) is 0 Å². The van der Waals surface area contributed by atoms with E-state index in [1.807, 2.05) is 66.7 Å². The number of fused-ring (bicyclic) bond motifs is 1. The molecule has 0 fully saturated rings. The summed E-state index contributed by atoms with van der Waals surface area (Å²) in [5, 5.41) is 8.68. The molecule has 0 atom stereocenters. The minimum absolute atomic E-state index is 0.104. The molecule has 0 radical (unpaired) electrons. The summed E-state index contributed by atoms with van der Waals surface area (Å²) in [6.07, 6.45) is 0. The van der Waals surface area contributed by atoms with Gasteiger partial charge in [-0.05, 0) is 35.7 Å². The van der Waals surface area contributed by atoms with Crippen LogP contribution in [0.15, 0.2) is 71.3 Å². The van der Waals surface area contributed by atoms with Crippen LogP contribution in [0.25, 0.3) is 22.2 Å². The Balaban J connectivity index is 1.32.